The van der Waals surface area contributed by atoms with Gasteiger partial charge in [0.15, 0.2) is 0 Å². The fraction of sp³-hybridized carbons (Fsp3) is 0.458. The molecule has 1 aliphatic carbocycles. The number of fused-ring (bicyclic) bond motifs is 3. The number of carbonyl (C=O) groups excluding carboxylic acids is 1. The van der Waals surface area contributed by atoms with Gasteiger partial charge in [0.25, 0.3) is 5.56 Å². The third-order valence-electron chi connectivity index (χ3n) is 5.69. The Bertz CT molecular complexity index is 1070. The molecule has 4 rings (SSSR count). The van der Waals surface area contributed by atoms with Crippen LogP contribution >= 0.6 is 11.3 Å². The second kappa shape index (κ2) is 10.7. The second-order valence-corrected chi connectivity index (χ2v) is 9.02. The van der Waals surface area contributed by atoms with E-state index in [4.69, 9.17) is 4.74 Å². The predicted molar refractivity (Wildman–Crippen MR) is 124 cm³/mol. The molecule has 0 saturated heterocycles. The Morgan fingerprint density at radius 2 is 2.00 bits per heavy atom. The average Bonchev–Trinajstić information content (AvgIpc) is 3.18. The highest BCUT2D eigenvalue weighted by Gasteiger charge is 2.20. The highest BCUT2D eigenvalue weighted by Crippen LogP contribution is 2.33. The maximum Gasteiger partial charge on any atom is 0.262 e. The Kier molecular flexibility index (Phi) is 7.48. The van der Waals surface area contributed by atoms with Crippen molar-refractivity contribution in [3.8, 4) is 0 Å². The van der Waals surface area contributed by atoms with E-state index in [0.29, 0.717) is 26.3 Å². The van der Waals surface area contributed by atoms with Crippen molar-refractivity contribution in [2.24, 2.45) is 0 Å². The van der Waals surface area contributed by atoms with E-state index in [1.165, 1.54) is 22.4 Å². The Balaban J connectivity index is 1.17. The van der Waals surface area contributed by atoms with Crippen molar-refractivity contribution in [3.05, 3.63) is 63.0 Å². The van der Waals surface area contributed by atoms with Crippen LogP contribution in [0.5, 0.6) is 0 Å². The summed E-state index contributed by atoms with van der Waals surface area (Å²) in [6, 6.07) is 10.3. The summed E-state index contributed by atoms with van der Waals surface area (Å²) in [6.07, 6.45) is 7.85. The highest BCUT2D eigenvalue weighted by molar-refractivity contribution is 7.18. The minimum absolute atomic E-state index is 0.0102. The zero-order chi connectivity index (χ0) is 21.5. The van der Waals surface area contributed by atoms with E-state index in [1.807, 2.05) is 18.2 Å². The molecule has 1 aliphatic rings. The van der Waals surface area contributed by atoms with Crippen LogP contribution in [0.3, 0.4) is 0 Å². The molecular weight excluding hydrogens is 410 g/mol. The molecule has 3 aromatic rings. The lowest BCUT2D eigenvalue weighted by molar-refractivity contribution is -0.121. The van der Waals surface area contributed by atoms with E-state index in [0.717, 1.165) is 42.3 Å². The van der Waals surface area contributed by atoms with Gasteiger partial charge < -0.3 is 10.1 Å². The molecule has 164 valence electrons. The minimum atomic E-state index is -0.0522. The molecule has 1 amide bonds. The SMILES string of the molecule is O=C(CCn1cnc2sc3c(c2c1=O)CCCC3)NCCCOCCc1ccccc1. The van der Waals surface area contributed by atoms with E-state index in [2.05, 4.69) is 22.4 Å². The number of carbonyl (C=O) groups is 1. The second-order valence-electron chi connectivity index (χ2n) is 7.94. The van der Waals surface area contributed by atoms with Crippen molar-refractivity contribution in [1.82, 2.24) is 14.9 Å². The van der Waals surface area contributed by atoms with Crippen LogP contribution in [0.25, 0.3) is 10.2 Å². The number of amides is 1. The number of nitrogens with zero attached hydrogens (tertiary/aromatic N) is 2. The molecule has 31 heavy (non-hydrogen) atoms. The first-order chi connectivity index (χ1) is 15.2. The van der Waals surface area contributed by atoms with Crippen molar-refractivity contribution in [1.29, 1.82) is 0 Å². The van der Waals surface area contributed by atoms with Gasteiger partial charge in [-0.3, -0.25) is 14.2 Å². The molecule has 0 fully saturated rings. The Hall–Kier alpha value is -2.51. The quantitative estimate of drug-likeness (QED) is 0.491. The summed E-state index contributed by atoms with van der Waals surface area (Å²) in [7, 11) is 0. The largest absolute Gasteiger partial charge is 0.381 e. The monoisotopic (exact) mass is 439 g/mol. The van der Waals surface area contributed by atoms with Gasteiger partial charge >= 0.3 is 0 Å². The van der Waals surface area contributed by atoms with Crippen molar-refractivity contribution in [3.63, 3.8) is 0 Å². The number of thiophene rings is 1. The zero-order valence-electron chi connectivity index (χ0n) is 17.8. The summed E-state index contributed by atoms with van der Waals surface area (Å²) in [4.78, 5) is 31.7. The summed E-state index contributed by atoms with van der Waals surface area (Å²) in [5, 5.41) is 3.68. The van der Waals surface area contributed by atoms with Gasteiger partial charge in [0.1, 0.15) is 4.83 Å². The molecule has 2 aromatic heterocycles. The first-order valence-electron chi connectivity index (χ1n) is 11.1. The highest BCUT2D eigenvalue weighted by atomic mass is 32.1. The molecule has 7 heteroatoms. The van der Waals surface area contributed by atoms with Crippen molar-refractivity contribution in [2.75, 3.05) is 19.8 Å². The fourth-order valence-electron chi connectivity index (χ4n) is 3.99. The lowest BCUT2D eigenvalue weighted by Gasteiger charge is -2.10. The van der Waals surface area contributed by atoms with E-state index in [-0.39, 0.29) is 17.9 Å². The molecule has 0 bridgehead atoms. The predicted octanol–water partition coefficient (Wildman–Crippen LogP) is 3.49. The van der Waals surface area contributed by atoms with Gasteiger partial charge in [0.05, 0.1) is 18.3 Å². The lowest BCUT2D eigenvalue weighted by Crippen LogP contribution is -2.28. The van der Waals surface area contributed by atoms with E-state index in [1.54, 1.807) is 22.2 Å². The van der Waals surface area contributed by atoms with Crippen molar-refractivity contribution in [2.45, 2.75) is 51.5 Å². The first kappa shape index (κ1) is 21.7. The third-order valence-corrected chi connectivity index (χ3v) is 6.89. The number of aryl methyl sites for hydroxylation is 3. The Morgan fingerprint density at radius 3 is 2.87 bits per heavy atom. The van der Waals surface area contributed by atoms with Crippen LogP contribution in [0.15, 0.2) is 41.5 Å². The number of aromatic nitrogens is 2. The maximum atomic E-state index is 12.9. The lowest BCUT2D eigenvalue weighted by atomic mass is 9.97. The van der Waals surface area contributed by atoms with Crippen LogP contribution in [-0.4, -0.2) is 35.2 Å². The molecule has 1 N–H and O–H groups in total. The van der Waals surface area contributed by atoms with Crippen molar-refractivity contribution >= 4 is 27.5 Å². The summed E-state index contributed by atoms with van der Waals surface area (Å²) in [5.41, 5.74) is 2.44. The molecule has 1 aromatic carbocycles. The van der Waals surface area contributed by atoms with Crippen LogP contribution in [0, 0.1) is 0 Å². The van der Waals surface area contributed by atoms with Gasteiger partial charge in [-0.2, -0.15) is 0 Å². The number of rotatable bonds is 10. The van der Waals surface area contributed by atoms with Gasteiger partial charge in [-0.05, 0) is 49.7 Å². The molecule has 0 atom stereocenters. The Labute approximate surface area is 186 Å². The number of benzene rings is 1. The van der Waals surface area contributed by atoms with Crippen LogP contribution in [0.1, 0.15) is 41.7 Å². The molecule has 6 nitrogen and oxygen atoms in total. The van der Waals surface area contributed by atoms with Gasteiger partial charge in [-0.15, -0.1) is 11.3 Å². The first-order valence-corrected chi connectivity index (χ1v) is 11.9. The molecular formula is C24H29N3O3S. The zero-order valence-corrected chi connectivity index (χ0v) is 18.6. The van der Waals surface area contributed by atoms with E-state index in [9.17, 15) is 9.59 Å². The maximum absolute atomic E-state index is 12.9. The molecule has 2 heterocycles. The van der Waals surface area contributed by atoms with E-state index >= 15 is 0 Å². The standard InChI is InChI=1S/C24H29N3O3S/c28-21(25-13-6-15-30-16-12-18-7-2-1-3-8-18)11-14-27-17-26-23-22(24(27)29)19-9-4-5-10-20(19)31-23/h1-3,7-8,17H,4-6,9-16H2,(H,25,28). The summed E-state index contributed by atoms with van der Waals surface area (Å²) in [6.45, 7) is 2.24. The third kappa shape index (κ3) is 5.60. The van der Waals surface area contributed by atoms with Gasteiger partial charge in [-0.1, -0.05) is 30.3 Å². The molecule has 0 spiro atoms. The normalized spacial score (nSPS) is 13.3. The smallest absolute Gasteiger partial charge is 0.262 e. The molecule has 0 saturated carbocycles. The van der Waals surface area contributed by atoms with Crippen LogP contribution in [0.2, 0.25) is 0 Å². The fourth-order valence-corrected chi connectivity index (χ4v) is 5.21. The number of ether oxygens (including phenoxy) is 1. The summed E-state index contributed by atoms with van der Waals surface area (Å²) in [5.74, 6) is -0.0522. The van der Waals surface area contributed by atoms with Crippen LogP contribution in [-0.2, 0) is 35.3 Å². The summed E-state index contributed by atoms with van der Waals surface area (Å²) >= 11 is 1.65. The van der Waals surface area contributed by atoms with Crippen LogP contribution in [0.4, 0.5) is 0 Å². The number of hydrogen-bond acceptors (Lipinski definition) is 5. The molecule has 0 unspecified atom stereocenters. The van der Waals surface area contributed by atoms with Crippen LogP contribution < -0.4 is 10.9 Å². The molecule has 0 radical (unpaired) electrons. The minimum Gasteiger partial charge on any atom is -0.381 e. The van der Waals surface area contributed by atoms with E-state index < -0.39 is 0 Å². The summed E-state index contributed by atoms with van der Waals surface area (Å²) < 4.78 is 7.22. The van der Waals surface area contributed by atoms with Gasteiger partial charge in [0.2, 0.25) is 5.91 Å². The van der Waals surface area contributed by atoms with Gasteiger partial charge in [0, 0.05) is 31.0 Å². The number of hydrogen-bond donors (Lipinski definition) is 1. The van der Waals surface area contributed by atoms with Crippen molar-refractivity contribution < 1.29 is 9.53 Å². The van der Waals surface area contributed by atoms with Gasteiger partial charge in [-0.25, -0.2) is 4.98 Å². The topological polar surface area (TPSA) is 73.2 Å². The number of nitrogens with one attached hydrogen (secondary N) is 1. The molecule has 0 aliphatic heterocycles. The average molecular weight is 440 g/mol. The Morgan fingerprint density at radius 1 is 1.16 bits per heavy atom.